The third-order valence-corrected chi connectivity index (χ3v) is 5.86. The lowest BCUT2D eigenvalue weighted by Gasteiger charge is -2.43. The third-order valence-electron chi connectivity index (χ3n) is 3.79. The molecule has 2 N–H and O–H groups in total. The van der Waals surface area contributed by atoms with Gasteiger partial charge in [-0.2, -0.15) is 0 Å². The van der Waals surface area contributed by atoms with E-state index in [0.29, 0.717) is 4.47 Å². The van der Waals surface area contributed by atoms with E-state index in [0.717, 1.165) is 40.7 Å². The van der Waals surface area contributed by atoms with E-state index in [1.165, 1.54) is 0 Å². The largest absolute Gasteiger partial charge is 0.506 e. The maximum Gasteiger partial charge on any atom is 0.144 e. The average molecular weight is 558 g/mol. The van der Waals surface area contributed by atoms with Crippen LogP contribution in [0.15, 0.2) is 19.5 Å². The molecule has 1 fully saturated rings. The Kier molecular flexibility index (Phi) is 10.0. The van der Waals surface area contributed by atoms with E-state index in [1.807, 2.05) is 6.07 Å². The SMILES string of the molecule is CC(C)(C)[C@@H](c1c(Br)cc(Br)c(O)c1Br)N1CCNCC1.Cl.Cl. The van der Waals surface area contributed by atoms with E-state index in [1.54, 1.807) is 0 Å². The van der Waals surface area contributed by atoms with Crippen molar-refractivity contribution in [3.63, 3.8) is 0 Å². The lowest BCUT2D eigenvalue weighted by molar-refractivity contribution is 0.0850. The second-order valence-electron chi connectivity index (χ2n) is 6.47. The molecule has 23 heavy (non-hydrogen) atoms. The number of benzene rings is 1. The quantitative estimate of drug-likeness (QED) is 0.503. The van der Waals surface area contributed by atoms with Gasteiger partial charge in [-0.15, -0.1) is 24.8 Å². The fraction of sp³-hybridized carbons (Fsp3) is 0.600. The van der Waals surface area contributed by atoms with Crippen LogP contribution < -0.4 is 5.32 Å². The number of hydrogen-bond donors (Lipinski definition) is 2. The Morgan fingerprint density at radius 2 is 1.61 bits per heavy atom. The summed E-state index contributed by atoms with van der Waals surface area (Å²) in [4.78, 5) is 2.49. The molecule has 1 aromatic rings. The van der Waals surface area contributed by atoms with Gasteiger partial charge in [-0.05, 0) is 43.3 Å². The molecule has 1 atom stereocenters. The van der Waals surface area contributed by atoms with Crippen molar-refractivity contribution in [2.45, 2.75) is 26.8 Å². The van der Waals surface area contributed by atoms with Crippen LogP contribution in [-0.2, 0) is 0 Å². The van der Waals surface area contributed by atoms with Gasteiger partial charge >= 0.3 is 0 Å². The lowest BCUT2D eigenvalue weighted by atomic mass is 9.81. The van der Waals surface area contributed by atoms with Crippen molar-refractivity contribution in [1.29, 1.82) is 0 Å². The number of nitrogens with one attached hydrogen (secondary N) is 1. The molecule has 1 aromatic carbocycles. The molecule has 0 saturated carbocycles. The van der Waals surface area contributed by atoms with Crippen LogP contribution in [0.25, 0.3) is 0 Å². The summed E-state index contributed by atoms with van der Waals surface area (Å²) in [6, 6.07) is 2.15. The van der Waals surface area contributed by atoms with Gasteiger partial charge in [0.05, 0.1) is 8.95 Å². The predicted octanol–water partition coefficient (Wildman–Crippen LogP) is 5.52. The number of phenolic OH excluding ortho intramolecular Hbond substituents is 1. The zero-order valence-electron chi connectivity index (χ0n) is 13.3. The van der Waals surface area contributed by atoms with Gasteiger partial charge in [0.15, 0.2) is 0 Å². The molecular formula is C15H23Br3Cl2N2O. The van der Waals surface area contributed by atoms with Crippen LogP contribution in [0.1, 0.15) is 32.4 Å². The molecule has 0 unspecified atom stereocenters. The molecule has 0 radical (unpaired) electrons. The zero-order valence-corrected chi connectivity index (χ0v) is 19.7. The van der Waals surface area contributed by atoms with E-state index in [-0.39, 0.29) is 42.0 Å². The maximum absolute atomic E-state index is 10.3. The van der Waals surface area contributed by atoms with Crippen LogP contribution in [0, 0.1) is 5.41 Å². The summed E-state index contributed by atoms with van der Waals surface area (Å²) >= 11 is 10.7. The summed E-state index contributed by atoms with van der Waals surface area (Å²) in [5.74, 6) is 0.262. The second-order valence-corrected chi connectivity index (χ2v) is 8.97. The minimum atomic E-state index is 0. The number of hydrogen-bond acceptors (Lipinski definition) is 3. The van der Waals surface area contributed by atoms with E-state index in [2.05, 4.69) is 78.8 Å². The first kappa shape index (κ1) is 24.0. The monoisotopic (exact) mass is 554 g/mol. The van der Waals surface area contributed by atoms with Gasteiger partial charge < -0.3 is 10.4 Å². The Bertz CT molecular complexity index is 532. The minimum absolute atomic E-state index is 0. The standard InChI is InChI=1S/C15H21Br3N2O.2ClH/c1-15(2,3)14(20-6-4-19-5-7-20)11-9(16)8-10(17)13(21)12(11)18;;/h8,14,19,21H,4-7H2,1-3H3;2*1H/t14-;;/m1../s1. The molecule has 0 amide bonds. The summed E-state index contributed by atoms with van der Waals surface area (Å²) in [6.45, 7) is 10.8. The molecule has 1 heterocycles. The molecule has 0 bridgehead atoms. The summed E-state index contributed by atoms with van der Waals surface area (Å²) in [7, 11) is 0. The van der Waals surface area contributed by atoms with Gasteiger partial charge in [0, 0.05) is 42.3 Å². The normalized spacial score (nSPS) is 17.1. The van der Waals surface area contributed by atoms with Crippen LogP contribution in [0.5, 0.6) is 5.75 Å². The Morgan fingerprint density at radius 1 is 1.09 bits per heavy atom. The van der Waals surface area contributed by atoms with Crippen molar-refractivity contribution in [3.8, 4) is 5.75 Å². The first-order valence-electron chi connectivity index (χ1n) is 7.04. The van der Waals surface area contributed by atoms with Crippen LogP contribution in [-0.4, -0.2) is 36.2 Å². The molecule has 1 saturated heterocycles. The molecule has 0 aliphatic carbocycles. The first-order valence-corrected chi connectivity index (χ1v) is 9.42. The average Bonchev–Trinajstić information content (AvgIpc) is 2.40. The van der Waals surface area contributed by atoms with Crippen LogP contribution in [0.3, 0.4) is 0 Å². The van der Waals surface area contributed by atoms with Crippen LogP contribution >= 0.6 is 72.6 Å². The zero-order chi connectivity index (χ0) is 15.8. The third kappa shape index (κ3) is 5.47. The van der Waals surface area contributed by atoms with Crippen molar-refractivity contribution in [3.05, 3.63) is 25.0 Å². The van der Waals surface area contributed by atoms with Gasteiger partial charge in [0.1, 0.15) is 5.75 Å². The van der Waals surface area contributed by atoms with Crippen molar-refractivity contribution in [2.75, 3.05) is 26.2 Å². The van der Waals surface area contributed by atoms with E-state index < -0.39 is 0 Å². The number of rotatable bonds is 2. The van der Waals surface area contributed by atoms with Gasteiger partial charge in [-0.3, -0.25) is 4.90 Å². The molecule has 3 nitrogen and oxygen atoms in total. The smallest absolute Gasteiger partial charge is 0.144 e. The first-order chi connectivity index (χ1) is 9.73. The molecule has 0 spiro atoms. The molecule has 8 heteroatoms. The van der Waals surface area contributed by atoms with E-state index in [9.17, 15) is 5.11 Å². The number of aromatic hydroxyl groups is 1. The van der Waals surface area contributed by atoms with Gasteiger partial charge in [-0.25, -0.2) is 0 Å². The lowest BCUT2D eigenvalue weighted by Crippen LogP contribution is -2.48. The predicted molar refractivity (Wildman–Crippen MR) is 112 cm³/mol. The number of nitrogens with zero attached hydrogens (tertiary/aromatic N) is 1. The number of phenols is 1. The summed E-state index contributed by atoms with van der Waals surface area (Å²) < 4.78 is 2.47. The highest BCUT2D eigenvalue weighted by atomic mass is 79.9. The molecular weight excluding hydrogens is 535 g/mol. The topological polar surface area (TPSA) is 35.5 Å². The molecule has 1 aliphatic rings. The number of piperazine rings is 1. The van der Waals surface area contributed by atoms with Crippen molar-refractivity contribution in [1.82, 2.24) is 10.2 Å². The highest BCUT2D eigenvalue weighted by molar-refractivity contribution is 9.11. The maximum atomic E-state index is 10.3. The summed E-state index contributed by atoms with van der Waals surface area (Å²) in [6.07, 6.45) is 0. The Labute approximate surface area is 176 Å². The fourth-order valence-electron chi connectivity index (χ4n) is 2.95. The van der Waals surface area contributed by atoms with Gasteiger partial charge in [-0.1, -0.05) is 36.7 Å². The van der Waals surface area contributed by atoms with Gasteiger partial charge in [0.25, 0.3) is 0 Å². The minimum Gasteiger partial charge on any atom is -0.506 e. The molecule has 1 aliphatic heterocycles. The van der Waals surface area contributed by atoms with Crippen molar-refractivity contribution < 1.29 is 5.11 Å². The van der Waals surface area contributed by atoms with Gasteiger partial charge in [0.2, 0.25) is 0 Å². The second kappa shape index (κ2) is 9.60. The molecule has 2 rings (SSSR count). The summed E-state index contributed by atoms with van der Waals surface area (Å²) in [5.41, 5.74) is 1.17. The van der Waals surface area contributed by atoms with Crippen LogP contribution in [0.4, 0.5) is 0 Å². The van der Waals surface area contributed by atoms with Crippen molar-refractivity contribution in [2.24, 2.45) is 5.41 Å². The molecule has 0 aromatic heterocycles. The summed E-state index contributed by atoms with van der Waals surface area (Å²) in [5, 5.41) is 13.7. The number of halogens is 5. The molecule has 134 valence electrons. The van der Waals surface area contributed by atoms with Crippen molar-refractivity contribution >= 4 is 72.6 Å². The Hall–Kier alpha value is 0.960. The Balaban J connectivity index is 0.00000242. The van der Waals surface area contributed by atoms with Crippen LogP contribution in [0.2, 0.25) is 0 Å². The van der Waals surface area contributed by atoms with E-state index in [4.69, 9.17) is 0 Å². The van der Waals surface area contributed by atoms with E-state index >= 15 is 0 Å². The fourth-order valence-corrected chi connectivity index (χ4v) is 5.50. The highest BCUT2D eigenvalue weighted by Gasteiger charge is 2.36. The Morgan fingerprint density at radius 3 is 2.09 bits per heavy atom. The highest BCUT2D eigenvalue weighted by Crippen LogP contribution is 2.48.